The van der Waals surface area contributed by atoms with Crippen LogP contribution in [0.5, 0.6) is 0 Å². The molecule has 3 N–H and O–H groups in total. The lowest BCUT2D eigenvalue weighted by atomic mass is 9.81. The smallest absolute Gasteiger partial charge is 0.308 e. The first-order valence-corrected chi connectivity index (χ1v) is 7.02. The SMILES string of the molecule is CC(C)C(=O)O[C@H]1[C@H]2NC(=O)C3=COC(O)[C@@H]([C@@H]32)[C@@]1(C)O. The summed E-state index contributed by atoms with van der Waals surface area (Å²) < 4.78 is 10.5. The molecule has 2 heterocycles. The van der Waals surface area contributed by atoms with E-state index in [9.17, 15) is 19.8 Å². The quantitative estimate of drug-likeness (QED) is 0.581. The number of aliphatic hydroxyl groups excluding tert-OH is 1. The summed E-state index contributed by atoms with van der Waals surface area (Å²) in [6, 6.07) is -0.551. The molecule has 0 radical (unpaired) electrons. The van der Waals surface area contributed by atoms with Crippen LogP contribution in [-0.2, 0) is 19.1 Å². The molecule has 7 nitrogen and oxygen atoms in total. The van der Waals surface area contributed by atoms with Gasteiger partial charge in [0, 0.05) is 5.92 Å². The van der Waals surface area contributed by atoms with E-state index in [0.717, 1.165) is 0 Å². The molecule has 2 aliphatic heterocycles. The van der Waals surface area contributed by atoms with Gasteiger partial charge in [-0.05, 0) is 6.92 Å². The lowest BCUT2D eigenvalue weighted by molar-refractivity contribution is -0.192. The molecule has 0 bridgehead atoms. The van der Waals surface area contributed by atoms with Gasteiger partial charge in [-0.25, -0.2) is 0 Å². The van der Waals surface area contributed by atoms with E-state index >= 15 is 0 Å². The topological polar surface area (TPSA) is 105 Å². The highest BCUT2D eigenvalue weighted by Crippen LogP contribution is 2.52. The number of esters is 1. The Morgan fingerprint density at radius 3 is 2.81 bits per heavy atom. The summed E-state index contributed by atoms with van der Waals surface area (Å²) >= 11 is 0. The molecule has 3 rings (SSSR count). The van der Waals surface area contributed by atoms with Gasteiger partial charge < -0.3 is 25.0 Å². The van der Waals surface area contributed by atoms with Gasteiger partial charge in [-0.1, -0.05) is 13.8 Å². The fraction of sp³-hybridized carbons (Fsp3) is 0.714. The predicted molar refractivity (Wildman–Crippen MR) is 69.4 cm³/mol. The van der Waals surface area contributed by atoms with Gasteiger partial charge in [0.1, 0.15) is 5.60 Å². The molecule has 1 unspecified atom stereocenters. The average Bonchev–Trinajstić information content (AvgIpc) is 2.81. The zero-order chi connectivity index (χ0) is 15.5. The Morgan fingerprint density at radius 1 is 1.52 bits per heavy atom. The first-order valence-electron chi connectivity index (χ1n) is 7.02. The maximum atomic E-state index is 11.9. The van der Waals surface area contributed by atoms with E-state index in [1.165, 1.54) is 13.2 Å². The van der Waals surface area contributed by atoms with Crippen molar-refractivity contribution in [3.63, 3.8) is 0 Å². The molecule has 2 fully saturated rings. The number of aliphatic hydroxyl groups is 2. The Balaban J connectivity index is 1.98. The number of carbonyl (C=O) groups is 2. The van der Waals surface area contributed by atoms with Crippen molar-refractivity contribution in [1.82, 2.24) is 5.32 Å². The maximum Gasteiger partial charge on any atom is 0.308 e. The molecule has 6 atom stereocenters. The van der Waals surface area contributed by atoms with Crippen molar-refractivity contribution < 1.29 is 29.3 Å². The van der Waals surface area contributed by atoms with Crippen molar-refractivity contribution in [2.24, 2.45) is 17.8 Å². The fourth-order valence-electron chi connectivity index (χ4n) is 3.55. The molecule has 21 heavy (non-hydrogen) atoms. The van der Waals surface area contributed by atoms with Gasteiger partial charge in [-0.2, -0.15) is 0 Å². The van der Waals surface area contributed by atoms with Crippen LogP contribution in [0.15, 0.2) is 11.8 Å². The third-order valence-electron chi connectivity index (χ3n) is 4.63. The van der Waals surface area contributed by atoms with Crippen molar-refractivity contribution in [3.8, 4) is 0 Å². The number of hydrogen-bond acceptors (Lipinski definition) is 6. The summed E-state index contributed by atoms with van der Waals surface area (Å²) in [7, 11) is 0. The Bertz CT molecular complexity index is 526. The van der Waals surface area contributed by atoms with Crippen LogP contribution in [0.1, 0.15) is 20.8 Å². The molecule has 1 saturated carbocycles. The summed E-state index contributed by atoms with van der Waals surface area (Å²) in [5, 5.41) is 23.5. The van der Waals surface area contributed by atoms with Gasteiger partial charge in [0.2, 0.25) is 6.29 Å². The van der Waals surface area contributed by atoms with Gasteiger partial charge in [-0.3, -0.25) is 9.59 Å². The minimum Gasteiger partial charge on any atom is -0.472 e. The van der Waals surface area contributed by atoms with E-state index < -0.39 is 41.8 Å². The second kappa shape index (κ2) is 4.45. The van der Waals surface area contributed by atoms with Crippen LogP contribution in [0.4, 0.5) is 0 Å². The van der Waals surface area contributed by atoms with Crippen LogP contribution >= 0.6 is 0 Å². The van der Waals surface area contributed by atoms with Gasteiger partial charge in [0.15, 0.2) is 6.10 Å². The highest BCUT2D eigenvalue weighted by Gasteiger charge is 2.67. The summed E-state index contributed by atoms with van der Waals surface area (Å²) in [6.07, 6.45) is -0.940. The molecule has 0 aromatic rings. The lowest BCUT2D eigenvalue weighted by Crippen LogP contribution is -2.52. The third-order valence-corrected chi connectivity index (χ3v) is 4.63. The van der Waals surface area contributed by atoms with Gasteiger partial charge in [-0.15, -0.1) is 0 Å². The fourth-order valence-corrected chi connectivity index (χ4v) is 3.55. The van der Waals surface area contributed by atoms with Crippen molar-refractivity contribution in [2.45, 2.75) is 44.8 Å². The van der Waals surface area contributed by atoms with Crippen molar-refractivity contribution >= 4 is 11.9 Å². The summed E-state index contributed by atoms with van der Waals surface area (Å²) in [5.74, 6) is -2.28. The molecule has 1 saturated heterocycles. The minimum absolute atomic E-state index is 0.317. The lowest BCUT2D eigenvalue weighted by Gasteiger charge is -2.36. The molecule has 116 valence electrons. The molecule has 0 spiro atoms. The highest BCUT2D eigenvalue weighted by atomic mass is 16.6. The molecule has 7 heteroatoms. The van der Waals surface area contributed by atoms with Crippen LogP contribution in [-0.4, -0.2) is 46.1 Å². The second-order valence-electron chi connectivity index (χ2n) is 6.39. The van der Waals surface area contributed by atoms with Crippen LogP contribution in [0.2, 0.25) is 0 Å². The Labute approximate surface area is 121 Å². The van der Waals surface area contributed by atoms with E-state index in [-0.39, 0.29) is 11.8 Å². The summed E-state index contributed by atoms with van der Waals surface area (Å²) in [5.41, 5.74) is -1.12. The van der Waals surface area contributed by atoms with E-state index in [1.807, 2.05) is 0 Å². The zero-order valence-electron chi connectivity index (χ0n) is 12.1. The number of carbonyl (C=O) groups excluding carboxylic acids is 2. The second-order valence-corrected chi connectivity index (χ2v) is 6.39. The molecular weight excluding hydrogens is 278 g/mol. The largest absolute Gasteiger partial charge is 0.472 e. The number of amides is 1. The first kappa shape index (κ1) is 14.3. The zero-order valence-corrected chi connectivity index (χ0v) is 12.1. The van der Waals surface area contributed by atoms with Crippen LogP contribution in [0.3, 0.4) is 0 Å². The third kappa shape index (κ3) is 1.87. The number of nitrogens with one attached hydrogen (secondary N) is 1. The standard InChI is InChI=1S/C14H19NO6/c1-5(2)12(17)21-10-9-7-6(11(16)15-9)4-20-13(18)8(7)14(10,3)19/h4-5,7-10,13,18-19H,1-3H3,(H,15,16)/t7-,8-,9+,10+,13?,14-/m1/s1. The first-order chi connectivity index (χ1) is 9.75. The summed E-state index contributed by atoms with van der Waals surface area (Å²) in [6.45, 7) is 4.88. The molecule has 0 aromatic carbocycles. The van der Waals surface area contributed by atoms with E-state index in [0.29, 0.717) is 5.57 Å². The Morgan fingerprint density at radius 2 is 2.19 bits per heavy atom. The van der Waals surface area contributed by atoms with E-state index in [4.69, 9.17) is 9.47 Å². The monoisotopic (exact) mass is 297 g/mol. The predicted octanol–water partition coefficient (Wildman–Crippen LogP) is -0.718. The van der Waals surface area contributed by atoms with Crippen LogP contribution in [0.25, 0.3) is 0 Å². The molecule has 1 amide bonds. The number of rotatable bonds is 2. The van der Waals surface area contributed by atoms with E-state index in [2.05, 4.69) is 5.32 Å². The summed E-state index contributed by atoms with van der Waals surface area (Å²) in [4.78, 5) is 23.8. The molecule has 1 aliphatic carbocycles. The Hall–Kier alpha value is -1.60. The van der Waals surface area contributed by atoms with Crippen molar-refractivity contribution in [2.75, 3.05) is 0 Å². The van der Waals surface area contributed by atoms with Crippen LogP contribution in [0, 0.1) is 17.8 Å². The normalized spacial score (nSPS) is 44.0. The van der Waals surface area contributed by atoms with E-state index in [1.54, 1.807) is 13.8 Å². The van der Waals surface area contributed by atoms with Gasteiger partial charge in [0.25, 0.3) is 5.91 Å². The Kier molecular flexibility index (Phi) is 3.04. The molecule has 3 aliphatic rings. The minimum atomic E-state index is -1.49. The molecule has 0 aromatic heterocycles. The van der Waals surface area contributed by atoms with Gasteiger partial charge in [0.05, 0.1) is 29.7 Å². The number of hydrogen-bond donors (Lipinski definition) is 3. The van der Waals surface area contributed by atoms with Gasteiger partial charge >= 0.3 is 5.97 Å². The molecular formula is C14H19NO6. The maximum absolute atomic E-state index is 11.9. The number of ether oxygens (including phenoxy) is 2. The average molecular weight is 297 g/mol. The van der Waals surface area contributed by atoms with Crippen molar-refractivity contribution in [3.05, 3.63) is 11.8 Å². The van der Waals surface area contributed by atoms with Crippen LogP contribution < -0.4 is 5.32 Å². The highest BCUT2D eigenvalue weighted by molar-refractivity contribution is 5.97. The van der Waals surface area contributed by atoms with Crippen molar-refractivity contribution in [1.29, 1.82) is 0 Å².